The van der Waals surface area contributed by atoms with Crippen LogP contribution in [0.2, 0.25) is 0 Å². The van der Waals surface area contributed by atoms with E-state index in [0.29, 0.717) is 6.04 Å². The van der Waals surface area contributed by atoms with Gasteiger partial charge in [-0.05, 0) is 40.2 Å². The summed E-state index contributed by atoms with van der Waals surface area (Å²) in [6, 6.07) is 2.53. The Labute approximate surface area is 141 Å². The van der Waals surface area contributed by atoms with Crippen LogP contribution in [0, 0.1) is 27.7 Å². The van der Waals surface area contributed by atoms with Crippen molar-refractivity contribution < 1.29 is 0 Å². The van der Waals surface area contributed by atoms with E-state index in [1.165, 1.54) is 5.69 Å². The van der Waals surface area contributed by atoms with Crippen molar-refractivity contribution in [2.24, 2.45) is 7.05 Å². The lowest BCUT2D eigenvalue weighted by Crippen LogP contribution is -2.23. The number of aromatic nitrogens is 6. The fourth-order valence-corrected chi connectivity index (χ4v) is 3.80. The summed E-state index contributed by atoms with van der Waals surface area (Å²) in [7, 11) is 1.94. The molecule has 4 rings (SSSR count). The molecule has 0 spiro atoms. The van der Waals surface area contributed by atoms with E-state index in [-0.39, 0.29) is 0 Å². The Kier molecular flexibility index (Phi) is 3.33. The summed E-state index contributed by atoms with van der Waals surface area (Å²) < 4.78 is 4.01. The minimum atomic E-state index is 0.390. The molecule has 0 radical (unpaired) electrons. The second-order valence-electron chi connectivity index (χ2n) is 6.76. The number of aryl methyl sites for hydroxylation is 5. The lowest BCUT2D eigenvalue weighted by atomic mass is 10.2. The molecule has 0 aliphatic carbocycles. The van der Waals surface area contributed by atoms with Crippen molar-refractivity contribution in [1.29, 1.82) is 0 Å². The summed E-state index contributed by atoms with van der Waals surface area (Å²) in [5, 5.41) is 10.3. The molecule has 1 unspecified atom stereocenters. The van der Waals surface area contributed by atoms with Crippen molar-refractivity contribution in [1.82, 2.24) is 29.5 Å². The van der Waals surface area contributed by atoms with Crippen molar-refractivity contribution in [2.75, 3.05) is 18.0 Å². The zero-order valence-corrected chi connectivity index (χ0v) is 14.9. The van der Waals surface area contributed by atoms with Gasteiger partial charge >= 0.3 is 0 Å². The maximum absolute atomic E-state index is 4.75. The molecular formula is C17H23N7. The molecule has 1 fully saturated rings. The van der Waals surface area contributed by atoms with Crippen LogP contribution in [-0.2, 0) is 7.05 Å². The van der Waals surface area contributed by atoms with Crippen LogP contribution in [0.3, 0.4) is 0 Å². The van der Waals surface area contributed by atoms with E-state index in [1.807, 2.05) is 32.5 Å². The fourth-order valence-electron chi connectivity index (χ4n) is 3.80. The number of rotatable bonds is 2. The van der Waals surface area contributed by atoms with Crippen LogP contribution < -0.4 is 4.90 Å². The first-order valence-electron chi connectivity index (χ1n) is 8.39. The summed E-state index contributed by atoms with van der Waals surface area (Å²) >= 11 is 0. The van der Waals surface area contributed by atoms with Gasteiger partial charge in [0.1, 0.15) is 11.6 Å². The molecule has 7 heteroatoms. The minimum absolute atomic E-state index is 0.390. The first kappa shape index (κ1) is 15.1. The molecule has 1 atom stereocenters. The number of hydrogen-bond acceptors (Lipinski definition) is 5. The smallest absolute Gasteiger partial charge is 0.163 e. The molecule has 126 valence electrons. The molecule has 7 nitrogen and oxygen atoms in total. The molecule has 1 aliphatic heterocycles. The maximum atomic E-state index is 4.75. The van der Waals surface area contributed by atoms with E-state index in [9.17, 15) is 0 Å². The molecule has 4 heterocycles. The van der Waals surface area contributed by atoms with Gasteiger partial charge in [0.15, 0.2) is 5.65 Å². The van der Waals surface area contributed by atoms with E-state index in [2.05, 4.69) is 37.8 Å². The Balaban J connectivity index is 1.73. The molecule has 0 saturated carbocycles. The highest BCUT2D eigenvalue weighted by Gasteiger charge is 2.29. The van der Waals surface area contributed by atoms with Crippen LogP contribution in [0.5, 0.6) is 0 Å². The van der Waals surface area contributed by atoms with Crippen LogP contribution in [0.1, 0.15) is 35.4 Å². The maximum Gasteiger partial charge on any atom is 0.163 e. The van der Waals surface area contributed by atoms with E-state index >= 15 is 0 Å². The Hall–Kier alpha value is -2.44. The molecule has 1 aliphatic rings. The van der Waals surface area contributed by atoms with Crippen molar-refractivity contribution in [2.45, 2.75) is 40.2 Å². The third-order valence-electron chi connectivity index (χ3n) is 4.80. The molecule has 1 saturated heterocycles. The van der Waals surface area contributed by atoms with Gasteiger partial charge in [0.05, 0.1) is 22.8 Å². The third kappa shape index (κ3) is 2.26. The summed E-state index contributed by atoms with van der Waals surface area (Å²) in [4.78, 5) is 11.7. The average molecular weight is 325 g/mol. The van der Waals surface area contributed by atoms with Gasteiger partial charge in [-0.3, -0.25) is 9.36 Å². The van der Waals surface area contributed by atoms with E-state index in [0.717, 1.165) is 53.6 Å². The standard InChI is InChI=1S/C17H23N7/c1-10-8-11(2)24(20-10)14-6-7-23(9-14)17-15-12(3)21-22(5)16(15)18-13(4)19-17/h8,14H,6-7,9H2,1-5H3. The average Bonchev–Trinajstić information content (AvgIpc) is 3.18. The zero-order chi connectivity index (χ0) is 17.0. The normalized spacial score (nSPS) is 18.0. The van der Waals surface area contributed by atoms with Crippen LogP contribution in [-0.4, -0.2) is 42.6 Å². The van der Waals surface area contributed by atoms with Crippen molar-refractivity contribution in [3.8, 4) is 0 Å². The SMILES string of the molecule is Cc1cc(C)n(C2CCN(c3nc(C)nc4c3c(C)nn4C)C2)n1. The molecule has 3 aromatic rings. The predicted molar refractivity (Wildman–Crippen MR) is 93.3 cm³/mol. The largest absolute Gasteiger partial charge is 0.354 e. The Bertz CT molecular complexity index is 921. The van der Waals surface area contributed by atoms with Gasteiger partial charge in [-0.15, -0.1) is 0 Å². The van der Waals surface area contributed by atoms with E-state index < -0.39 is 0 Å². The number of fused-ring (bicyclic) bond motifs is 1. The monoisotopic (exact) mass is 325 g/mol. The quantitative estimate of drug-likeness (QED) is 0.723. The summed E-state index contributed by atoms with van der Waals surface area (Å²) in [5.41, 5.74) is 4.19. The van der Waals surface area contributed by atoms with Crippen molar-refractivity contribution in [3.05, 3.63) is 29.0 Å². The molecular weight excluding hydrogens is 302 g/mol. The van der Waals surface area contributed by atoms with Crippen molar-refractivity contribution >= 4 is 16.9 Å². The van der Waals surface area contributed by atoms with Crippen LogP contribution in [0.4, 0.5) is 5.82 Å². The molecule has 24 heavy (non-hydrogen) atoms. The number of anilines is 1. The van der Waals surface area contributed by atoms with Gasteiger partial charge in [-0.1, -0.05) is 0 Å². The lowest BCUT2D eigenvalue weighted by molar-refractivity contribution is 0.481. The Morgan fingerprint density at radius 2 is 1.88 bits per heavy atom. The number of nitrogens with zero attached hydrogens (tertiary/aromatic N) is 7. The number of hydrogen-bond donors (Lipinski definition) is 0. The summed E-state index contributed by atoms with van der Waals surface area (Å²) in [6.45, 7) is 10.0. The molecule has 3 aromatic heterocycles. The van der Waals surface area contributed by atoms with Gasteiger partial charge in [-0.25, -0.2) is 9.97 Å². The molecule has 0 aromatic carbocycles. The molecule has 0 bridgehead atoms. The van der Waals surface area contributed by atoms with Gasteiger partial charge in [0.25, 0.3) is 0 Å². The third-order valence-corrected chi connectivity index (χ3v) is 4.80. The first-order chi connectivity index (χ1) is 11.4. The van der Waals surface area contributed by atoms with Crippen LogP contribution >= 0.6 is 0 Å². The Morgan fingerprint density at radius 3 is 2.58 bits per heavy atom. The van der Waals surface area contributed by atoms with Gasteiger partial charge < -0.3 is 4.90 Å². The topological polar surface area (TPSA) is 64.7 Å². The first-order valence-corrected chi connectivity index (χ1v) is 8.39. The van der Waals surface area contributed by atoms with E-state index in [4.69, 9.17) is 4.98 Å². The Morgan fingerprint density at radius 1 is 1.08 bits per heavy atom. The van der Waals surface area contributed by atoms with Crippen molar-refractivity contribution in [3.63, 3.8) is 0 Å². The second kappa shape index (κ2) is 5.29. The second-order valence-corrected chi connectivity index (χ2v) is 6.76. The molecule has 0 amide bonds. The lowest BCUT2D eigenvalue weighted by Gasteiger charge is -2.19. The highest BCUT2D eigenvalue weighted by Crippen LogP contribution is 2.32. The minimum Gasteiger partial charge on any atom is -0.354 e. The van der Waals surface area contributed by atoms with Gasteiger partial charge in [0.2, 0.25) is 0 Å². The highest BCUT2D eigenvalue weighted by atomic mass is 15.4. The summed E-state index contributed by atoms with van der Waals surface area (Å²) in [5.74, 6) is 1.79. The zero-order valence-electron chi connectivity index (χ0n) is 14.9. The van der Waals surface area contributed by atoms with E-state index in [1.54, 1.807) is 0 Å². The van der Waals surface area contributed by atoms with Crippen LogP contribution in [0.15, 0.2) is 6.07 Å². The summed E-state index contributed by atoms with van der Waals surface area (Å²) in [6.07, 6.45) is 1.08. The fraction of sp³-hybridized carbons (Fsp3) is 0.529. The van der Waals surface area contributed by atoms with Gasteiger partial charge in [0, 0.05) is 25.8 Å². The van der Waals surface area contributed by atoms with Gasteiger partial charge in [-0.2, -0.15) is 10.2 Å². The van der Waals surface area contributed by atoms with Crippen LogP contribution in [0.25, 0.3) is 11.0 Å². The highest BCUT2D eigenvalue weighted by molar-refractivity contribution is 5.90. The molecule has 0 N–H and O–H groups in total. The predicted octanol–water partition coefficient (Wildman–Crippen LogP) is 2.24.